The molecule has 110 valence electrons. The molecule has 0 amide bonds. The topological polar surface area (TPSA) is 71.1 Å². The minimum atomic E-state index is -4.17. The van der Waals surface area contributed by atoms with Gasteiger partial charge < -0.3 is 13.6 Å². The maximum absolute atomic E-state index is 12.6. The van der Waals surface area contributed by atoms with Gasteiger partial charge in [-0.1, -0.05) is 6.92 Å². The molecule has 0 aromatic heterocycles. The summed E-state index contributed by atoms with van der Waals surface area (Å²) < 4.78 is 55.6. The molecule has 0 aromatic carbocycles. The van der Waals surface area contributed by atoms with Gasteiger partial charge in [-0.05, 0) is 31.7 Å². The van der Waals surface area contributed by atoms with Crippen molar-refractivity contribution >= 4 is 15.2 Å². The van der Waals surface area contributed by atoms with Gasteiger partial charge in [-0.15, -0.1) is 4.73 Å². The van der Waals surface area contributed by atoms with E-state index in [1.165, 1.54) is 6.92 Å². The largest absolute Gasteiger partial charge is 0.378 e. The summed E-state index contributed by atoms with van der Waals surface area (Å²) in [5.41, 5.74) is 0. The molecule has 0 aliphatic carbocycles. The normalized spacial score (nSPS) is 17.4. The maximum atomic E-state index is 12.6. The molecule has 0 N–H and O–H groups in total. The second-order valence-electron chi connectivity index (χ2n) is 3.29. The fourth-order valence-electron chi connectivity index (χ4n) is 1.52. The van der Waals surface area contributed by atoms with Crippen LogP contribution in [0.25, 0.3) is 0 Å². The van der Waals surface area contributed by atoms with Crippen molar-refractivity contribution in [3.8, 4) is 0 Å². The second kappa shape index (κ2) is 8.41. The zero-order valence-electron chi connectivity index (χ0n) is 11.1. The van der Waals surface area contributed by atoms with Gasteiger partial charge in [-0.3, -0.25) is 9.13 Å². The Balaban J connectivity index is 5.34. The van der Waals surface area contributed by atoms with Gasteiger partial charge in [0, 0.05) is 0 Å². The van der Waals surface area contributed by atoms with Gasteiger partial charge in [0.1, 0.15) is 0 Å². The second-order valence-corrected chi connectivity index (χ2v) is 8.02. The van der Waals surface area contributed by atoms with E-state index in [2.05, 4.69) is 4.73 Å². The van der Waals surface area contributed by atoms with Crippen LogP contribution in [-0.4, -0.2) is 25.2 Å². The Kier molecular flexibility index (Phi) is 8.52. The molecule has 0 bridgehead atoms. The molecule has 0 saturated carbocycles. The van der Waals surface area contributed by atoms with Crippen molar-refractivity contribution in [2.45, 2.75) is 39.5 Å². The number of halogens is 1. The summed E-state index contributed by atoms with van der Waals surface area (Å²) in [4.78, 5) is 0. The van der Waals surface area contributed by atoms with E-state index in [1.54, 1.807) is 20.8 Å². The van der Waals surface area contributed by atoms with E-state index in [9.17, 15) is 13.7 Å². The molecule has 2 unspecified atom stereocenters. The van der Waals surface area contributed by atoms with E-state index in [0.717, 1.165) is 0 Å². The monoisotopic (exact) mass is 306 g/mol. The van der Waals surface area contributed by atoms with Crippen LogP contribution in [0, 0.1) is 0 Å². The third-order valence-electron chi connectivity index (χ3n) is 2.12. The maximum Gasteiger partial charge on any atom is 0.378 e. The lowest BCUT2D eigenvalue weighted by Crippen LogP contribution is -2.15. The summed E-state index contributed by atoms with van der Waals surface area (Å²) >= 11 is 0. The van der Waals surface area contributed by atoms with Crippen LogP contribution in [0.3, 0.4) is 0 Å². The highest BCUT2D eigenvalue weighted by Gasteiger charge is 2.50. The average molecular weight is 306 g/mol. The Morgan fingerprint density at radius 2 is 1.28 bits per heavy atom. The van der Waals surface area contributed by atoms with Crippen LogP contribution in [-0.2, 0) is 27.4 Å². The summed E-state index contributed by atoms with van der Waals surface area (Å²) in [5, 5.41) is -1.27. The first-order chi connectivity index (χ1) is 8.44. The SMILES string of the molecule is CCOP(=O)(OF)C(CC)P(=O)(OCC)OCC. The van der Waals surface area contributed by atoms with E-state index >= 15 is 0 Å². The molecule has 2 atom stereocenters. The van der Waals surface area contributed by atoms with Crippen molar-refractivity contribution in [2.75, 3.05) is 19.8 Å². The Morgan fingerprint density at radius 1 is 0.889 bits per heavy atom. The van der Waals surface area contributed by atoms with Crippen molar-refractivity contribution in [1.29, 1.82) is 0 Å². The van der Waals surface area contributed by atoms with Crippen molar-refractivity contribution in [2.24, 2.45) is 0 Å². The first-order valence-corrected chi connectivity index (χ1v) is 9.09. The van der Waals surface area contributed by atoms with Crippen LogP contribution in [0.2, 0.25) is 0 Å². The third kappa shape index (κ3) is 4.41. The van der Waals surface area contributed by atoms with Gasteiger partial charge in [-0.2, -0.15) is 0 Å². The summed E-state index contributed by atoms with van der Waals surface area (Å²) in [6.07, 6.45) is 0.0818. The number of rotatable bonds is 10. The molecule has 0 spiro atoms. The van der Waals surface area contributed by atoms with Gasteiger partial charge in [0.05, 0.1) is 19.8 Å². The van der Waals surface area contributed by atoms with E-state index in [-0.39, 0.29) is 26.2 Å². The van der Waals surface area contributed by atoms with Gasteiger partial charge in [-0.25, -0.2) is 0 Å². The number of hydrogen-bond acceptors (Lipinski definition) is 6. The van der Waals surface area contributed by atoms with Crippen molar-refractivity contribution in [1.82, 2.24) is 0 Å². The van der Waals surface area contributed by atoms with E-state index in [4.69, 9.17) is 13.6 Å². The standard InChI is InChI=1S/C9H21FO6P2/c1-5-9(18(12,16-10)15-8-4)17(11,13-6-2)14-7-3/h9H,5-8H2,1-4H3. The highest BCUT2D eigenvalue weighted by Crippen LogP contribution is 2.71. The smallest absolute Gasteiger partial charge is 0.308 e. The van der Waals surface area contributed by atoms with Gasteiger partial charge in [0.25, 0.3) is 0 Å². The van der Waals surface area contributed by atoms with Crippen LogP contribution >= 0.6 is 15.2 Å². The summed E-state index contributed by atoms with van der Waals surface area (Å²) in [6.45, 7) is 6.49. The van der Waals surface area contributed by atoms with Gasteiger partial charge in [0.2, 0.25) is 0 Å². The van der Waals surface area contributed by atoms with Gasteiger partial charge in [0.15, 0.2) is 5.40 Å². The lowest BCUT2D eigenvalue weighted by Gasteiger charge is -2.28. The highest BCUT2D eigenvalue weighted by atomic mass is 31.2. The lowest BCUT2D eigenvalue weighted by atomic mass is 10.6. The molecule has 0 saturated heterocycles. The highest BCUT2D eigenvalue weighted by molar-refractivity contribution is 7.72. The molecule has 0 aliphatic heterocycles. The Morgan fingerprint density at radius 3 is 1.56 bits per heavy atom. The third-order valence-corrected chi connectivity index (χ3v) is 8.05. The molecular formula is C9H21FO6P2. The van der Waals surface area contributed by atoms with Crippen LogP contribution < -0.4 is 0 Å². The Hall–Kier alpha value is 0.230. The molecule has 0 aliphatic rings. The predicted octanol–water partition coefficient (Wildman–Crippen LogP) is 4.12. The summed E-state index contributed by atoms with van der Waals surface area (Å²) in [7, 11) is -7.92. The molecular weight excluding hydrogens is 285 g/mol. The number of hydrogen-bond donors (Lipinski definition) is 0. The molecule has 0 aromatic rings. The first-order valence-electron chi connectivity index (χ1n) is 5.87. The van der Waals surface area contributed by atoms with Crippen molar-refractivity contribution in [3.05, 3.63) is 0 Å². The Bertz CT molecular complexity index is 314. The molecule has 6 nitrogen and oxygen atoms in total. The summed E-state index contributed by atoms with van der Waals surface area (Å²) in [6, 6.07) is 0. The minimum absolute atomic E-state index is 0.0318. The van der Waals surface area contributed by atoms with Crippen LogP contribution in [0.4, 0.5) is 4.53 Å². The lowest BCUT2D eigenvalue weighted by molar-refractivity contribution is -0.0273. The summed E-state index contributed by atoms with van der Waals surface area (Å²) in [5.74, 6) is 0. The van der Waals surface area contributed by atoms with Crippen LogP contribution in [0.1, 0.15) is 34.1 Å². The average Bonchev–Trinajstić information content (AvgIpc) is 2.30. The minimum Gasteiger partial charge on any atom is -0.308 e. The van der Waals surface area contributed by atoms with Crippen LogP contribution in [0.5, 0.6) is 0 Å². The van der Waals surface area contributed by atoms with E-state index < -0.39 is 20.6 Å². The molecule has 0 radical (unpaired) electrons. The zero-order valence-corrected chi connectivity index (χ0v) is 12.9. The first kappa shape index (κ1) is 18.2. The predicted molar refractivity (Wildman–Crippen MR) is 66.4 cm³/mol. The van der Waals surface area contributed by atoms with E-state index in [1.807, 2.05) is 0 Å². The quantitative estimate of drug-likeness (QED) is 0.565. The molecule has 0 heterocycles. The molecule has 9 heteroatoms. The van der Waals surface area contributed by atoms with Crippen molar-refractivity contribution in [3.63, 3.8) is 0 Å². The molecule has 18 heavy (non-hydrogen) atoms. The Labute approximate surface area is 107 Å². The zero-order chi connectivity index (χ0) is 14.2. The van der Waals surface area contributed by atoms with Gasteiger partial charge >= 0.3 is 15.2 Å². The molecule has 0 fully saturated rings. The van der Waals surface area contributed by atoms with Crippen molar-refractivity contribution < 1.29 is 32.0 Å². The fraction of sp³-hybridized carbons (Fsp3) is 1.00. The molecule has 0 rings (SSSR count). The van der Waals surface area contributed by atoms with Crippen LogP contribution in [0.15, 0.2) is 0 Å². The fourth-order valence-corrected chi connectivity index (χ4v) is 6.31. The van der Waals surface area contributed by atoms with E-state index in [0.29, 0.717) is 0 Å².